The lowest BCUT2D eigenvalue weighted by Crippen LogP contribution is -2.42. The van der Waals surface area contributed by atoms with Gasteiger partial charge in [0.2, 0.25) is 0 Å². The maximum atomic E-state index is 13.9. The van der Waals surface area contributed by atoms with Gasteiger partial charge in [-0.2, -0.15) is 0 Å². The summed E-state index contributed by atoms with van der Waals surface area (Å²) in [7, 11) is 0. The first kappa shape index (κ1) is 25.1. The van der Waals surface area contributed by atoms with Crippen LogP contribution in [0.15, 0.2) is 78.9 Å². The number of hydrogen-bond acceptors (Lipinski definition) is 3. The fraction of sp³-hybridized carbons (Fsp3) is 0.324. The van der Waals surface area contributed by atoms with Crippen LogP contribution in [0.25, 0.3) is 21.9 Å². The molecule has 0 bridgehead atoms. The maximum absolute atomic E-state index is 13.9. The first-order chi connectivity index (χ1) is 17.8. The molecule has 0 aromatic heterocycles. The van der Waals surface area contributed by atoms with Gasteiger partial charge in [0.25, 0.3) is 0 Å². The molecule has 37 heavy (non-hydrogen) atoms. The van der Waals surface area contributed by atoms with Crippen molar-refractivity contribution in [1.29, 1.82) is 0 Å². The predicted octanol–water partition coefficient (Wildman–Crippen LogP) is 8.52. The number of carbonyl (C=O) groups is 1. The molecule has 5 rings (SSSR count). The maximum Gasteiger partial charge on any atom is 0.339 e. The molecular formula is C34H36O3. The molecule has 0 spiro atoms. The van der Waals surface area contributed by atoms with Crippen molar-refractivity contribution in [2.45, 2.75) is 64.9 Å². The van der Waals surface area contributed by atoms with Crippen LogP contribution in [0, 0.1) is 19.8 Å². The SMILES string of the molecule is Cc1cc(C)c(-c2c(C(=O)O[C@@H]3CCCC[C@H]3C(C)(C)c3ccccc3)ccc3ccccc23)c(O)c1. The van der Waals surface area contributed by atoms with Gasteiger partial charge in [-0.25, -0.2) is 4.79 Å². The van der Waals surface area contributed by atoms with E-state index in [0.717, 1.165) is 53.1 Å². The van der Waals surface area contributed by atoms with E-state index >= 15 is 0 Å². The summed E-state index contributed by atoms with van der Waals surface area (Å²) in [6.07, 6.45) is 3.93. The Kier molecular flexibility index (Phi) is 6.81. The van der Waals surface area contributed by atoms with E-state index in [1.165, 1.54) is 5.56 Å². The predicted molar refractivity (Wildman–Crippen MR) is 151 cm³/mol. The summed E-state index contributed by atoms with van der Waals surface area (Å²) in [6, 6.07) is 26.2. The Labute approximate surface area is 220 Å². The van der Waals surface area contributed by atoms with Crippen LogP contribution in [0.3, 0.4) is 0 Å². The molecule has 2 atom stereocenters. The number of fused-ring (bicyclic) bond motifs is 1. The number of carbonyl (C=O) groups excluding carboxylic acids is 1. The van der Waals surface area contributed by atoms with Gasteiger partial charge < -0.3 is 9.84 Å². The minimum Gasteiger partial charge on any atom is -0.507 e. The highest BCUT2D eigenvalue weighted by Gasteiger charge is 2.40. The number of benzene rings is 4. The molecule has 0 saturated heterocycles. The number of esters is 1. The van der Waals surface area contributed by atoms with Crippen molar-refractivity contribution in [2.75, 3.05) is 0 Å². The molecule has 3 heteroatoms. The average Bonchev–Trinajstić information content (AvgIpc) is 2.89. The summed E-state index contributed by atoms with van der Waals surface area (Å²) in [6.45, 7) is 8.49. The molecule has 4 aromatic rings. The molecule has 3 nitrogen and oxygen atoms in total. The van der Waals surface area contributed by atoms with Gasteiger partial charge in [-0.1, -0.05) is 87.0 Å². The van der Waals surface area contributed by atoms with Crippen molar-refractivity contribution >= 4 is 16.7 Å². The molecule has 1 saturated carbocycles. The Bertz CT molecular complexity index is 1410. The highest BCUT2D eigenvalue weighted by molar-refractivity contribution is 6.09. The zero-order valence-electron chi connectivity index (χ0n) is 22.3. The second kappa shape index (κ2) is 10.0. The lowest BCUT2D eigenvalue weighted by atomic mass is 9.66. The highest BCUT2D eigenvalue weighted by atomic mass is 16.5. The summed E-state index contributed by atoms with van der Waals surface area (Å²) in [5.74, 6) is 0.0931. The fourth-order valence-corrected chi connectivity index (χ4v) is 6.33. The Morgan fingerprint density at radius 3 is 2.32 bits per heavy atom. The minimum atomic E-state index is -0.319. The third-order valence-corrected chi connectivity index (χ3v) is 8.26. The van der Waals surface area contributed by atoms with Crippen molar-refractivity contribution in [3.8, 4) is 16.9 Å². The van der Waals surface area contributed by atoms with Crippen molar-refractivity contribution in [2.24, 2.45) is 5.92 Å². The van der Waals surface area contributed by atoms with Crippen LogP contribution in [-0.4, -0.2) is 17.2 Å². The zero-order valence-corrected chi connectivity index (χ0v) is 22.3. The van der Waals surface area contributed by atoms with Gasteiger partial charge >= 0.3 is 5.97 Å². The van der Waals surface area contributed by atoms with E-state index in [1.54, 1.807) is 6.07 Å². The number of phenols is 1. The van der Waals surface area contributed by atoms with E-state index in [2.05, 4.69) is 38.1 Å². The minimum absolute atomic E-state index is 0.120. The van der Waals surface area contributed by atoms with Gasteiger partial charge in [-0.05, 0) is 78.1 Å². The van der Waals surface area contributed by atoms with Gasteiger partial charge in [0.05, 0.1) is 5.56 Å². The van der Waals surface area contributed by atoms with Crippen LogP contribution in [0.2, 0.25) is 0 Å². The van der Waals surface area contributed by atoms with Gasteiger partial charge in [-0.15, -0.1) is 0 Å². The molecule has 1 aliphatic rings. The summed E-state index contributed by atoms with van der Waals surface area (Å²) < 4.78 is 6.39. The molecule has 0 radical (unpaired) electrons. The molecule has 190 valence electrons. The molecule has 4 aromatic carbocycles. The van der Waals surface area contributed by atoms with Gasteiger partial charge in [-0.3, -0.25) is 0 Å². The van der Waals surface area contributed by atoms with Crippen molar-refractivity contribution in [3.63, 3.8) is 0 Å². The second-order valence-electron chi connectivity index (χ2n) is 11.1. The normalized spacial score (nSPS) is 18.1. The highest BCUT2D eigenvalue weighted by Crippen LogP contribution is 2.44. The molecular weight excluding hydrogens is 456 g/mol. The summed E-state index contributed by atoms with van der Waals surface area (Å²) in [5.41, 5.74) is 5.01. The van der Waals surface area contributed by atoms with E-state index in [-0.39, 0.29) is 29.2 Å². The van der Waals surface area contributed by atoms with E-state index < -0.39 is 0 Å². The number of rotatable bonds is 5. The fourth-order valence-electron chi connectivity index (χ4n) is 6.33. The number of aromatic hydroxyl groups is 1. The van der Waals surface area contributed by atoms with Crippen LogP contribution in [-0.2, 0) is 10.2 Å². The lowest BCUT2D eigenvalue weighted by Gasteiger charge is -2.42. The quantitative estimate of drug-likeness (QED) is 0.284. The zero-order chi connectivity index (χ0) is 26.2. The summed E-state index contributed by atoms with van der Waals surface area (Å²) >= 11 is 0. The van der Waals surface area contributed by atoms with Crippen LogP contribution in [0.5, 0.6) is 5.75 Å². The van der Waals surface area contributed by atoms with Crippen molar-refractivity contribution in [1.82, 2.24) is 0 Å². The average molecular weight is 493 g/mol. The number of phenolic OH excluding ortho intramolecular Hbond substituents is 1. The topological polar surface area (TPSA) is 46.5 Å². The van der Waals surface area contributed by atoms with E-state index in [4.69, 9.17) is 4.74 Å². The smallest absolute Gasteiger partial charge is 0.339 e. The van der Waals surface area contributed by atoms with E-state index in [1.807, 2.05) is 62.4 Å². The molecule has 0 unspecified atom stereocenters. The number of aryl methyl sites for hydroxylation is 2. The molecule has 0 aliphatic heterocycles. The molecule has 1 N–H and O–H groups in total. The van der Waals surface area contributed by atoms with Gasteiger partial charge in [0.1, 0.15) is 11.9 Å². The third-order valence-electron chi connectivity index (χ3n) is 8.26. The van der Waals surface area contributed by atoms with E-state index in [9.17, 15) is 9.90 Å². The lowest BCUT2D eigenvalue weighted by molar-refractivity contribution is -0.0141. The largest absolute Gasteiger partial charge is 0.507 e. The number of ether oxygens (including phenoxy) is 1. The summed E-state index contributed by atoms with van der Waals surface area (Å²) in [5, 5.41) is 13.0. The Balaban J connectivity index is 1.57. The van der Waals surface area contributed by atoms with Gasteiger partial charge in [0.15, 0.2) is 0 Å². The molecule has 0 heterocycles. The third kappa shape index (κ3) is 4.75. The van der Waals surface area contributed by atoms with Gasteiger partial charge in [0, 0.05) is 17.0 Å². The van der Waals surface area contributed by atoms with Crippen LogP contribution < -0.4 is 0 Å². The monoisotopic (exact) mass is 492 g/mol. The van der Waals surface area contributed by atoms with Crippen LogP contribution in [0.1, 0.15) is 66.6 Å². The van der Waals surface area contributed by atoms with Crippen LogP contribution >= 0.6 is 0 Å². The van der Waals surface area contributed by atoms with Crippen molar-refractivity contribution < 1.29 is 14.6 Å². The standard InChI is InChI=1S/C34H36O3/c1-22-20-23(2)31(29(35)21-22)32-26-15-9-8-12-24(26)18-19-27(32)33(36)37-30-17-11-10-16-28(30)34(3,4)25-13-6-5-7-14-25/h5-9,12-15,18-21,28,30,35H,10-11,16-17H2,1-4H3/t28-,30-/m1/s1. The first-order valence-corrected chi connectivity index (χ1v) is 13.4. The molecule has 1 aliphatic carbocycles. The molecule has 1 fully saturated rings. The summed E-state index contributed by atoms with van der Waals surface area (Å²) in [4.78, 5) is 13.9. The first-order valence-electron chi connectivity index (χ1n) is 13.4. The van der Waals surface area contributed by atoms with Crippen molar-refractivity contribution in [3.05, 3.63) is 101 Å². The Morgan fingerprint density at radius 2 is 1.57 bits per heavy atom. The van der Waals surface area contributed by atoms with Crippen LogP contribution in [0.4, 0.5) is 0 Å². The Morgan fingerprint density at radius 1 is 0.865 bits per heavy atom. The number of hydrogen-bond donors (Lipinski definition) is 1. The van der Waals surface area contributed by atoms with E-state index in [0.29, 0.717) is 11.1 Å². The Hall–Kier alpha value is -3.59. The second-order valence-corrected chi connectivity index (χ2v) is 11.1. The molecule has 0 amide bonds.